The second-order valence-electron chi connectivity index (χ2n) is 4.47. The molecule has 6 heteroatoms. The predicted molar refractivity (Wildman–Crippen MR) is 81.4 cm³/mol. The first-order valence-corrected chi connectivity index (χ1v) is 7.25. The fourth-order valence-corrected chi connectivity index (χ4v) is 1.86. The van der Waals surface area contributed by atoms with E-state index in [0.29, 0.717) is 29.7 Å². The van der Waals surface area contributed by atoms with E-state index >= 15 is 0 Å². The van der Waals surface area contributed by atoms with Crippen LogP contribution >= 0.6 is 11.6 Å². The van der Waals surface area contributed by atoms with E-state index < -0.39 is 0 Å². The fraction of sp³-hybridized carbons (Fsp3) is 0.571. The number of hydrogen-bond donors (Lipinski definition) is 2. The van der Waals surface area contributed by atoms with Gasteiger partial charge < -0.3 is 15.4 Å². The molecule has 1 aromatic rings. The summed E-state index contributed by atoms with van der Waals surface area (Å²) < 4.78 is 5.36. The van der Waals surface area contributed by atoms with Crippen molar-refractivity contribution >= 4 is 23.3 Å². The molecule has 1 amide bonds. The van der Waals surface area contributed by atoms with E-state index in [1.165, 1.54) is 0 Å². The first-order valence-electron chi connectivity index (χ1n) is 6.88. The molecular weight excluding hydrogens is 278 g/mol. The van der Waals surface area contributed by atoms with Crippen LogP contribution in [0, 0.1) is 0 Å². The number of nitrogens with one attached hydrogen (secondary N) is 2. The molecule has 2 N–H and O–H groups in total. The zero-order valence-electron chi connectivity index (χ0n) is 12.2. The molecule has 5 nitrogen and oxygen atoms in total. The number of nitrogens with zero attached hydrogens (tertiary/aromatic N) is 1. The molecule has 0 fully saturated rings. The van der Waals surface area contributed by atoms with E-state index in [4.69, 9.17) is 16.3 Å². The number of ether oxygens (including phenoxy) is 1. The van der Waals surface area contributed by atoms with Crippen LogP contribution in [0.2, 0.25) is 5.15 Å². The topological polar surface area (TPSA) is 63.2 Å². The maximum absolute atomic E-state index is 12.1. The van der Waals surface area contributed by atoms with Gasteiger partial charge >= 0.3 is 0 Å². The average molecular weight is 300 g/mol. The summed E-state index contributed by atoms with van der Waals surface area (Å²) in [5.74, 6) is 0.433. The normalized spacial score (nSPS) is 12.0. The molecule has 1 rings (SSSR count). The monoisotopic (exact) mass is 299 g/mol. The highest BCUT2D eigenvalue weighted by Gasteiger charge is 2.10. The van der Waals surface area contributed by atoms with Crippen molar-refractivity contribution in [2.45, 2.75) is 33.3 Å². The molecule has 0 bridgehead atoms. The third-order valence-electron chi connectivity index (χ3n) is 2.61. The Morgan fingerprint density at radius 2 is 2.20 bits per heavy atom. The summed E-state index contributed by atoms with van der Waals surface area (Å²) in [5.41, 5.74) is 0.493. The summed E-state index contributed by atoms with van der Waals surface area (Å²) in [7, 11) is 0. The van der Waals surface area contributed by atoms with Crippen LogP contribution < -0.4 is 10.6 Å². The standard InChI is InChI=1S/C14H22ClN3O2/c1-4-6-16-13-8-11(7-12(15)18-13)14(19)17-9-10(3)20-5-2/h7-8,10H,4-6,9H2,1-3H3,(H,16,18)(H,17,19). The Kier molecular flexibility index (Phi) is 7.33. The lowest BCUT2D eigenvalue weighted by Gasteiger charge is -2.13. The second-order valence-corrected chi connectivity index (χ2v) is 4.85. The Morgan fingerprint density at radius 1 is 1.45 bits per heavy atom. The molecule has 0 aliphatic carbocycles. The number of halogens is 1. The number of pyridine rings is 1. The van der Waals surface area contributed by atoms with Crippen LogP contribution in [0.15, 0.2) is 12.1 Å². The third kappa shape index (κ3) is 5.75. The molecule has 0 spiro atoms. The van der Waals surface area contributed by atoms with Gasteiger partial charge in [0, 0.05) is 25.3 Å². The minimum absolute atomic E-state index is 0.0149. The van der Waals surface area contributed by atoms with Gasteiger partial charge in [-0.25, -0.2) is 4.98 Å². The van der Waals surface area contributed by atoms with E-state index in [9.17, 15) is 4.79 Å². The predicted octanol–water partition coefficient (Wildman–Crippen LogP) is 2.71. The van der Waals surface area contributed by atoms with Crippen molar-refractivity contribution in [2.75, 3.05) is 25.0 Å². The highest BCUT2D eigenvalue weighted by atomic mass is 35.5. The lowest BCUT2D eigenvalue weighted by Crippen LogP contribution is -2.32. The summed E-state index contributed by atoms with van der Waals surface area (Å²) in [6, 6.07) is 3.25. The van der Waals surface area contributed by atoms with Crippen molar-refractivity contribution < 1.29 is 9.53 Å². The van der Waals surface area contributed by atoms with Crippen LogP contribution in [0.5, 0.6) is 0 Å². The van der Waals surface area contributed by atoms with E-state index in [2.05, 4.69) is 22.5 Å². The molecule has 0 aliphatic heterocycles. The number of carbonyl (C=O) groups is 1. The van der Waals surface area contributed by atoms with Gasteiger partial charge in [-0.15, -0.1) is 0 Å². The number of amides is 1. The molecule has 1 atom stereocenters. The van der Waals surface area contributed by atoms with E-state index in [-0.39, 0.29) is 12.0 Å². The third-order valence-corrected chi connectivity index (χ3v) is 2.81. The Morgan fingerprint density at radius 3 is 2.85 bits per heavy atom. The second kappa shape index (κ2) is 8.76. The maximum Gasteiger partial charge on any atom is 0.251 e. The van der Waals surface area contributed by atoms with Crippen molar-refractivity contribution in [3.8, 4) is 0 Å². The van der Waals surface area contributed by atoms with E-state index in [0.717, 1.165) is 13.0 Å². The Hall–Kier alpha value is -1.33. The molecule has 0 aromatic carbocycles. The van der Waals surface area contributed by atoms with Crippen LogP contribution in [0.25, 0.3) is 0 Å². The number of hydrogen-bond acceptors (Lipinski definition) is 4. The molecule has 0 aliphatic rings. The quantitative estimate of drug-likeness (QED) is 0.725. The average Bonchev–Trinajstić information content (AvgIpc) is 2.42. The maximum atomic E-state index is 12.1. The number of aromatic nitrogens is 1. The number of rotatable bonds is 8. The summed E-state index contributed by atoms with van der Waals surface area (Å²) in [5, 5.41) is 6.23. The van der Waals surface area contributed by atoms with Gasteiger partial charge in [-0.2, -0.15) is 0 Å². The molecule has 20 heavy (non-hydrogen) atoms. The Bertz CT molecular complexity index is 440. The van der Waals surface area contributed by atoms with Crippen LogP contribution in [0.3, 0.4) is 0 Å². The minimum Gasteiger partial charge on any atom is -0.377 e. The Balaban J connectivity index is 2.64. The smallest absolute Gasteiger partial charge is 0.251 e. The zero-order chi connectivity index (χ0) is 15.0. The largest absolute Gasteiger partial charge is 0.377 e. The molecule has 1 unspecified atom stereocenters. The van der Waals surface area contributed by atoms with Crippen LogP contribution in [-0.2, 0) is 4.74 Å². The van der Waals surface area contributed by atoms with Crippen molar-refractivity contribution in [2.24, 2.45) is 0 Å². The SMILES string of the molecule is CCCNc1cc(C(=O)NCC(C)OCC)cc(Cl)n1. The summed E-state index contributed by atoms with van der Waals surface area (Å²) >= 11 is 5.93. The van der Waals surface area contributed by atoms with Gasteiger partial charge in [0.2, 0.25) is 0 Å². The molecule has 0 saturated carbocycles. The molecule has 0 saturated heterocycles. The van der Waals surface area contributed by atoms with Crippen LogP contribution in [0.4, 0.5) is 5.82 Å². The van der Waals surface area contributed by atoms with Gasteiger partial charge in [-0.3, -0.25) is 4.79 Å². The van der Waals surface area contributed by atoms with Crippen LogP contribution in [-0.4, -0.2) is 36.7 Å². The zero-order valence-corrected chi connectivity index (χ0v) is 13.0. The van der Waals surface area contributed by atoms with Crippen molar-refractivity contribution in [1.29, 1.82) is 0 Å². The van der Waals surface area contributed by atoms with Crippen LogP contribution in [0.1, 0.15) is 37.6 Å². The highest BCUT2D eigenvalue weighted by Crippen LogP contribution is 2.14. The summed E-state index contributed by atoms with van der Waals surface area (Å²) in [4.78, 5) is 16.2. The molecule has 0 radical (unpaired) electrons. The van der Waals surface area contributed by atoms with Gasteiger partial charge in [-0.1, -0.05) is 18.5 Å². The van der Waals surface area contributed by atoms with Crippen molar-refractivity contribution in [1.82, 2.24) is 10.3 Å². The van der Waals surface area contributed by atoms with Gasteiger partial charge in [0.1, 0.15) is 11.0 Å². The first kappa shape index (κ1) is 16.7. The van der Waals surface area contributed by atoms with E-state index in [1.807, 2.05) is 13.8 Å². The first-order chi connectivity index (χ1) is 9.56. The summed E-state index contributed by atoms with van der Waals surface area (Å²) in [6.45, 7) is 7.77. The van der Waals surface area contributed by atoms with E-state index in [1.54, 1.807) is 12.1 Å². The molecule has 112 valence electrons. The summed E-state index contributed by atoms with van der Waals surface area (Å²) in [6.07, 6.45) is 0.959. The molecule has 1 heterocycles. The van der Waals surface area contributed by atoms with Gasteiger partial charge in [0.05, 0.1) is 6.10 Å². The minimum atomic E-state index is -0.180. The molecular formula is C14H22ClN3O2. The Labute approximate surface area is 125 Å². The lowest BCUT2D eigenvalue weighted by atomic mass is 10.2. The number of anilines is 1. The number of carbonyl (C=O) groups excluding carboxylic acids is 1. The highest BCUT2D eigenvalue weighted by molar-refractivity contribution is 6.29. The van der Waals surface area contributed by atoms with Gasteiger partial charge in [0.15, 0.2) is 0 Å². The van der Waals surface area contributed by atoms with Gasteiger partial charge in [-0.05, 0) is 32.4 Å². The fourth-order valence-electron chi connectivity index (χ4n) is 1.65. The lowest BCUT2D eigenvalue weighted by molar-refractivity contribution is 0.0695. The van der Waals surface area contributed by atoms with Crippen molar-refractivity contribution in [3.63, 3.8) is 0 Å². The van der Waals surface area contributed by atoms with Crippen molar-refractivity contribution in [3.05, 3.63) is 22.8 Å². The van der Waals surface area contributed by atoms with Gasteiger partial charge in [0.25, 0.3) is 5.91 Å². The molecule has 1 aromatic heterocycles.